The van der Waals surface area contributed by atoms with Crippen LogP contribution in [0.3, 0.4) is 0 Å². The van der Waals surface area contributed by atoms with Crippen LogP contribution in [-0.2, 0) is 0 Å². The Bertz CT molecular complexity index is 215. The molecule has 1 rings (SSSR count). The molecule has 0 heterocycles. The zero-order valence-electron chi connectivity index (χ0n) is 11.7. The van der Waals surface area contributed by atoms with E-state index < -0.39 is 0 Å². The maximum atomic E-state index is 9.85. The van der Waals surface area contributed by atoms with Gasteiger partial charge in [0.25, 0.3) is 0 Å². The Labute approximate surface area is 101 Å². The van der Waals surface area contributed by atoms with E-state index in [4.69, 9.17) is 0 Å². The average molecular weight is 227 g/mol. The lowest BCUT2D eigenvalue weighted by Gasteiger charge is -2.47. The van der Waals surface area contributed by atoms with Crippen molar-refractivity contribution < 1.29 is 5.11 Å². The first-order valence-corrected chi connectivity index (χ1v) is 6.80. The molecule has 0 aliphatic heterocycles. The predicted octanol–water partition coefficient (Wildman–Crippen LogP) is 2.90. The molecule has 0 aromatic heterocycles. The third-order valence-corrected chi connectivity index (χ3v) is 4.77. The molecule has 0 bridgehead atoms. The van der Waals surface area contributed by atoms with Crippen molar-refractivity contribution in [3.05, 3.63) is 0 Å². The molecule has 1 fully saturated rings. The topological polar surface area (TPSA) is 23.5 Å². The molecule has 1 aliphatic rings. The molecule has 2 heteroatoms. The summed E-state index contributed by atoms with van der Waals surface area (Å²) in [7, 11) is 2.20. The Morgan fingerprint density at radius 2 is 1.88 bits per heavy atom. The summed E-state index contributed by atoms with van der Waals surface area (Å²) in [6.45, 7) is 10.3. The second-order valence-corrected chi connectivity index (χ2v) is 6.06. The van der Waals surface area contributed by atoms with Crippen molar-refractivity contribution in [1.82, 2.24) is 4.90 Å². The molecule has 0 aromatic rings. The van der Waals surface area contributed by atoms with Crippen LogP contribution < -0.4 is 0 Å². The summed E-state index contributed by atoms with van der Waals surface area (Å²) in [6, 6.07) is 0.559. The lowest BCUT2D eigenvalue weighted by atomic mass is 9.66. The first kappa shape index (κ1) is 14.0. The largest absolute Gasteiger partial charge is 0.393 e. The Kier molecular flexibility index (Phi) is 4.81. The number of hydrogen-bond donors (Lipinski definition) is 1. The van der Waals surface area contributed by atoms with E-state index in [0.29, 0.717) is 11.5 Å². The van der Waals surface area contributed by atoms with E-state index in [1.54, 1.807) is 0 Å². The molecule has 0 radical (unpaired) electrons. The Morgan fingerprint density at radius 1 is 1.25 bits per heavy atom. The molecule has 1 aliphatic carbocycles. The van der Waals surface area contributed by atoms with E-state index in [9.17, 15) is 5.11 Å². The van der Waals surface area contributed by atoms with E-state index in [1.165, 1.54) is 12.8 Å². The van der Waals surface area contributed by atoms with Gasteiger partial charge in [-0.2, -0.15) is 0 Å². The first-order valence-electron chi connectivity index (χ1n) is 6.80. The molecule has 2 nitrogen and oxygen atoms in total. The molecule has 1 N–H and O–H groups in total. The summed E-state index contributed by atoms with van der Waals surface area (Å²) in [6.07, 6.45) is 4.27. The zero-order chi connectivity index (χ0) is 12.3. The summed E-state index contributed by atoms with van der Waals surface area (Å²) in [5.41, 5.74) is 0.397. The Balaban J connectivity index is 2.79. The highest BCUT2D eigenvalue weighted by Gasteiger charge is 2.39. The minimum Gasteiger partial charge on any atom is -0.393 e. The quantitative estimate of drug-likeness (QED) is 0.798. The summed E-state index contributed by atoms with van der Waals surface area (Å²) in [5.74, 6) is 0.728. The highest BCUT2D eigenvalue weighted by Crippen LogP contribution is 2.42. The normalized spacial score (nSPS) is 32.1. The van der Waals surface area contributed by atoms with Gasteiger partial charge in [-0.1, -0.05) is 34.1 Å². The van der Waals surface area contributed by atoms with Crippen molar-refractivity contribution in [2.24, 2.45) is 11.3 Å². The van der Waals surface area contributed by atoms with Gasteiger partial charge in [0, 0.05) is 6.04 Å². The van der Waals surface area contributed by atoms with Crippen LogP contribution in [0.4, 0.5) is 0 Å². The average Bonchev–Trinajstić information content (AvgIpc) is 2.27. The maximum Gasteiger partial charge on any atom is 0.0555 e. The number of hydrogen-bond acceptors (Lipinski definition) is 2. The third kappa shape index (κ3) is 2.98. The predicted molar refractivity (Wildman–Crippen MR) is 69.5 cm³/mol. The second-order valence-electron chi connectivity index (χ2n) is 6.06. The van der Waals surface area contributed by atoms with Crippen molar-refractivity contribution in [3.63, 3.8) is 0 Å². The fraction of sp³-hybridized carbons (Fsp3) is 1.00. The minimum atomic E-state index is -0.0806. The molecule has 3 atom stereocenters. The molecular formula is C14H29NO. The van der Waals surface area contributed by atoms with E-state index in [1.807, 2.05) is 0 Å². The molecule has 1 saturated carbocycles. The van der Waals surface area contributed by atoms with Crippen LogP contribution >= 0.6 is 0 Å². The van der Waals surface area contributed by atoms with Crippen LogP contribution in [-0.4, -0.2) is 35.7 Å². The van der Waals surface area contributed by atoms with Gasteiger partial charge in [-0.05, 0) is 44.2 Å². The number of nitrogens with zero attached hydrogens (tertiary/aromatic N) is 1. The van der Waals surface area contributed by atoms with Crippen LogP contribution in [0.25, 0.3) is 0 Å². The SMILES string of the molecule is CCN(C)C1CC(O)CCC1C(C)(C)CC. The number of rotatable bonds is 4. The van der Waals surface area contributed by atoms with Gasteiger partial charge >= 0.3 is 0 Å². The Morgan fingerprint density at radius 3 is 2.38 bits per heavy atom. The van der Waals surface area contributed by atoms with Gasteiger partial charge in [-0.3, -0.25) is 0 Å². The van der Waals surface area contributed by atoms with E-state index in [2.05, 4.69) is 39.6 Å². The lowest BCUT2D eigenvalue weighted by molar-refractivity contribution is -0.00748. The van der Waals surface area contributed by atoms with Gasteiger partial charge < -0.3 is 10.0 Å². The van der Waals surface area contributed by atoms with Crippen molar-refractivity contribution in [2.45, 2.75) is 65.5 Å². The van der Waals surface area contributed by atoms with Gasteiger partial charge in [0.1, 0.15) is 0 Å². The van der Waals surface area contributed by atoms with Crippen LogP contribution in [0.5, 0.6) is 0 Å². The van der Waals surface area contributed by atoms with Crippen LogP contribution in [0.1, 0.15) is 53.4 Å². The first-order chi connectivity index (χ1) is 7.42. The highest BCUT2D eigenvalue weighted by molar-refractivity contribution is 4.92. The minimum absolute atomic E-state index is 0.0806. The monoisotopic (exact) mass is 227 g/mol. The molecule has 0 spiro atoms. The summed E-state index contributed by atoms with van der Waals surface area (Å²) >= 11 is 0. The second kappa shape index (κ2) is 5.50. The molecule has 0 aromatic carbocycles. The van der Waals surface area contributed by atoms with Gasteiger partial charge in [0.15, 0.2) is 0 Å². The van der Waals surface area contributed by atoms with Crippen LogP contribution in [0, 0.1) is 11.3 Å². The lowest BCUT2D eigenvalue weighted by Crippen LogP contribution is -2.48. The van der Waals surface area contributed by atoms with Crippen molar-refractivity contribution in [2.75, 3.05) is 13.6 Å². The zero-order valence-corrected chi connectivity index (χ0v) is 11.7. The van der Waals surface area contributed by atoms with Gasteiger partial charge in [0.05, 0.1) is 6.10 Å². The molecule has 0 saturated heterocycles. The smallest absolute Gasteiger partial charge is 0.0555 e. The van der Waals surface area contributed by atoms with E-state index in [0.717, 1.165) is 25.3 Å². The van der Waals surface area contributed by atoms with Crippen LogP contribution in [0.2, 0.25) is 0 Å². The third-order valence-electron chi connectivity index (χ3n) is 4.77. The molecule has 16 heavy (non-hydrogen) atoms. The molecule has 3 unspecified atom stereocenters. The number of aliphatic hydroxyl groups excluding tert-OH is 1. The Hall–Kier alpha value is -0.0800. The molecule has 0 amide bonds. The van der Waals surface area contributed by atoms with Crippen LogP contribution in [0.15, 0.2) is 0 Å². The standard InChI is InChI=1S/C14H29NO/c1-6-14(3,4)12-9-8-11(16)10-13(12)15(5)7-2/h11-13,16H,6-10H2,1-5H3. The van der Waals surface area contributed by atoms with Crippen molar-refractivity contribution in [3.8, 4) is 0 Å². The van der Waals surface area contributed by atoms with Crippen molar-refractivity contribution in [1.29, 1.82) is 0 Å². The summed E-state index contributed by atoms with van der Waals surface area (Å²) in [4.78, 5) is 2.42. The fourth-order valence-electron chi connectivity index (χ4n) is 3.02. The van der Waals surface area contributed by atoms with Gasteiger partial charge in [-0.15, -0.1) is 0 Å². The van der Waals surface area contributed by atoms with Gasteiger partial charge in [0.2, 0.25) is 0 Å². The van der Waals surface area contributed by atoms with Crippen molar-refractivity contribution >= 4 is 0 Å². The summed E-state index contributed by atoms with van der Waals surface area (Å²) in [5, 5.41) is 9.85. The fourth-order valence-corrected chi connectivity index (χ4v) is 3.02. The highest BCUT2D eigenvalue weighted by atomic mass is 16.3. The molecule has 96 valence electrons. The number of aliphatic hydroxyl groups is 1. The molecular weight excluding hydrogens is 198 g/mol. The van der Waals surface area contributed by atoms with E-state index in [-0.39, 0.29) is 6.10 Å². The van der Waals surface area contributed by atoms with E-state index >= 15 is 0 Å². The maximum absolute atomic E-state index is 9.85. The van der Waals surface area contributed by atoms with Gasteiger partial charge in [-0.25, -0.2) is 0 Å². The summed E-state index contributed by atoms with van der Waals surface area (Å²) < 4.78 is 0.